The van der Waals surface area contributed by atoms with Crippen LogP contribution >= 0.6 is 0 Å². The third-order valence-corrected chi connectivity index (χ3v) is 3.81. The summed E-state index contributed by atoms with van der Waals surface area (Å²) in [4.78, 5) is 14.7. The first-order chi connectivity index (χ1) is 11.6. The molecule has 0 bridgehead atoms. The minimum atomic E-state index is -0.275. The van der Waals surface area contributed by atoms with Gasteiger partial charge in [0.2, 0.25) is 0 Å². The Hall–Kier alpha value is -3.15. The molecule has 0 saturated carbocycles. The highest BCUT2D eigenvalue weighted by molar-refractivity contribution is 5.93. The van der Waals surface area contributed by atoms with Crippen LogP contribution in [-0.4, -0.2) is 26.9 Å². The number of nitrogens with one attached hydrogen (secondary N) is 2. The predicted octanol–water partition coefficient (Wildman–Crippen LogP) is 2.64. The fourth-order valence-corrected chi connectivity index (χ4v) is 2.50. The number of aromatic nitrogens is 3. The molecule has 0 radical (unpaired) electrons. The number of amides is 1. The van der Waals surface area contributed by atoms with Gasteiger partial charge in [0, 0.05) is 17.5 Å². The van der Waals surface area contributed by atoms with Gasteiger partial charge in [0.05, 0.1) is 18.5 Å². The number of aromatic amines is 1. The van der Waals surface area contributed by atoms with Crippen molar-refractivity contribution in [2.45, 2.75) is 20.4 Å². The van der Waals surface area contributed by atoms with E-state index in [1.165, 1.54) is 5.56 Å². The van der Waals surface area contributed by atoms with Gasteiger partial charge in [0.25, 0.3) is 5.91 Å². The first kappa shape index (κ1) is 15.7. The van der Waals surface area contributed by atoms with Gasteiger partial charge >= 0.3 is 0 Å². The molecule has 6 heteroatoms. The Morgan fingerprint density at radius 3 is 2.75 bits per heavy atom. The van der Waals surface area contributed by atoms with Crippen molar-refractivity contribution in [2.75, 3.05) is 0 Å². The zero-order chi connectivity index (χ0) is 16.9. The summed E-state index contributed by atoms with van der Waals surface area (Å²) in [6, 6.07) is 13.6. The molecule has 2 heterocycles. The maximum Gasteiger partial charge on any atom is 0.287 e. The summed E-state index contributed by atoms with van der Waals surface area (Å²) in [5.74, 6) is -0.275. The number of carbonyl (C=O) groups excluding carboxylic acids is 1. The van der Waals surface area contributed by atoms with Gasteiger partial charge in [-0.25, -0.2) is 5.43 Å². The normalized spacial score (nSPS) is 11.1. The molecule has 1 aromatic carbocycles. The van der Waals surface area contributed by atoms with E-state index in [1.807, 2.05) is 36.7 Å². The first-order valence-electron chi connectivity index (χ1n) is 7.70. The topological polar surface area (TPSA) is 75.1 Å². The maximum absolute atomic E-state index is 11.8. The van der Waals surface area contributed by atoms with Crippen LogP contribution in [0.25, 0.3) is 0 Å². The molecule has 6 nitrogen and oxygen atoms in total. The van der Waals surface area contributed by atoms with Crippen LogP contribution in [0.1, 0.15) is 33.0 Å². The van der Waals surface area contributed by atoms with Gasteiger partial charge in [0.1, 0.15) is 5.69 Å². The van der Waals surface area contributed by atoms with Crippen LogP contribution in [0.5, 0.6) is 0 Å². The molecule has 0 aliphatic carbocycles. The Kier molecular flexibility index (Phi) is 4.56. The van der Waals surface area contributed by atoms with E-state index in [2.05, 4.69) is 32.7 Å². The van der Waals surface area contributed by atoms with E-state index < -0.39 is 0 Å². The van der Waals surface area contributed by atoms with E-state index >= 15 is 0 Å². The van der Waals surface area contributed by atoms with E-state index in [1.54, 1.807) is 24.5 Å². The molecule has 0 aliphatic rings. The van der Waals surface area contributed by atoms with E-state index in [-0.39, 0.29) is 5.91 Å². The lowest BCUT2D eigenvalue weighted by molar-refractivity contribution is 0.0951. The number of benzene rings is 1. The summed E-state index contributed by atoms with van der Waals surface area (Å²) < 4.78 is 1.94. The molecule has 0 fully saturated rings. The van der Waals surface area contributed by atoms with Crippen molar-refractivity contribution in [3.05, 3.63) is 76.9 Å². The summed E-state index contributed by atoms with van der Waals surface area (Å²) in [5.41, 5.74) is 6.97. The Labute approximate surface area is 140 Å². The van der Waals surface area contributed by atoms with Crippen molar-refractivity contribution in [3.8, 4) is 0 Å². The van der Waals surface area contributed by atoms with Crippen LogP contribution in [0.15, 0.2) is 53.8 Å². The van der Waals surface area contributed by atoms with Crippen molar-refractivity contribution < 1.29 is 4.79 Å². The van der Waals surface area contributed by atoms with Crippen molar-refractivity contribution in [3.63, 3.8) is 0 Å². The predicted molar refractivity (Wildman–Crippen MR) is 93.1 cm³/mol. The largest absolute Gasteiger partial charge is 0.357 e. The number of rotatable bonds is 5. The van der Waals surface area contributed by atoms with Crippen LogP contribution in [0.4, 0.5) is 0 Å². The highest BCUT2D eigenvalue weighted by Gasteiger charge is 2.10. The average molecular weight is 321 g/mol. The van der Waals surface area contributed by atoms with E-state index in [0.29, 0.717) is 12.2 Å². The van der Waals surface area contributed by atoms with E-state index in [0.717, 1.165) is 17.0 Å². The molecule has 3 aromatic rings. The SMILES string of the molecule is Cc1nn(Cc2ccccc2)c(C)c1/C=N\NC(=O)c1ccc[nH]1. The second kappa shape index (κ2) is 6.95. The molecule has 2 N–H and O–H groups in total. The zero-order valence-electron chi connectivity index (χ0n) is 13.7. The number of nitrogens with zero attached hydrogens (tertiary/aromatic N) is 3. The standard InChI is InChI=1S/C18H19N5O/c1-13-16(11-20-21-18(24)17-9-6-10-19-17)14(2)23(22-13)12-15-7-4-3-5-8-15/h3-11,19H,12H2,1-2H3,(H,21,24)/b20-11-. The van der Waals surface area contributed by atoms with Crippen molar-refractivity contribution in [1.82, 2.24) is 20.2 Å². The quantitative estimate of drug-likeness (QED) is 0.560. The van der Waals surface area contributed by atoms with E-state index in [4.69, 9.17) is 0 Å². The van der Waals surface area contributed by atoms with Crippen molar-refractivity contribution >= 4 is 12.1 Å². The van der Waals surface area contributed by atoms with Gasteiger partial charge in [-0.1, -0.05) is 30.3 Å². The Morgan fingerprint density at radius 2 is 2.04 bits per heavy atom. The number of hydrogen-bond acceptors (Lipinski definition) is 3. The van der Waals surface area contributed by atoms with Gasteiger partial charge in [-0.3, -0.25) is 9.48 Å². The minimum Gasteiger partial charge on any atom is -0.357 e. The second-order valence-corrected chi connectivity index (χ2v) is 5.51. The lowest BCUT2D eigenvalue weighted by Gasteiger charge is -2.04. The number of carbonyl (C=O) groups is 1. The second-order valence-electron chi connectivity index (χ2n) is 5.51. The number of aryl methyl sites for hydroxylation is 1. The van der Waals surface area contributed by atoms with Gasteiger partial charge in [-0.05, 0) is 31.5 Å². The monoisotopic (exact) mass is 321 g/mol. The molecule has 0 atom stereocenters. The fraction of sp³-hybridized carbons (Fsp3) is 0.167. The lowest BCUT2D eigenvalue weighted by Crippen LogP contribution is -2.17. The van der Waals surface area contributed by atoms with Crippen molar-refractivity contribution in [1.29, 1.82) is 0 Å². The number of hydrogen-bond donors (Lipinski definition) is 2. The minimum absolute atomic E-state index is 0.275. The van der Waals surface area contributed by atoms with Crippen LogP contribution in [-0.2, 0) is 6.54 Å². The molecule has 0 unspecified atom stereocenters. The lowest BCUT2D eigenvalue weighted by atomic mass is 10.2. The van der Waals surface area contributed by atoms with Crippen molar-refractivity contribution in [2.24, 2.45) is 5.10 Å². The Bertz CT molecular complexity index is 847. The first-order valence-corrected chi connectivity index (χ1v) is 7.70. The number of hydrazone groups is 1. The summed E-state index contributed by atoms with van der Waals surface area (Å²) in [7, 11) is 0. The molecular weight excluding hydrogens is 302 g/mol. The third kappa shape index (κ3) is 3.43. The van der Waals surface area contributed by atoms with Crippen LogP contribution in [0, 0.1) is 13.8 Å². The smallest absolute Gasteiger partial charge is 0.287 e. The summed E-state index contributed by atoms with van der Waals surface area (Å²) in [6.07, 6.45) is 3.33. The molecule has 3 rings (SSSR count). The fourth-order valence-electron chi connectivity index (χ4n) is 2.50. The molecular formula is C18H19N5O. The van der Waals surface area contributed by atoms with Gasteiger partial charge in [0.15, 0.2) is 0 Å². The molecule has 2 aromatic heterocycles. The zero-order valence-corrected chi connectivity index (χ0v) is 13.7. The van der Waals surface area contributed by atoms with Crippen LogP contribution in [0.2, 0.25) is 0 Å². The van der Waals surface area contributed by atoms with E-state index in [9.17, 15) is 4.79 Å². The molecule has 1 amide bonds. The third-order valence-electron chi connectivity index (χ3n) is 3.81. The summed E-state index contributed by atoms with van der Waals surface area (Å²) >= 11 is 0. The Balaban J connectivity index is 1.72. The molecule has 0 aliphatic heterocycles. The van der Waals surface area contributed by atoms with Gasteiger partial charge in [-0.2, -0.15) is 10.2 Å². The molecule has 0 spiro atoms. The molecule has 24 heavy (non-hydrogen) atoms. The molecule has 0 saturated heterocycles. The highest BCUT2D eigenvalue weighted by Crippen LogP contribution is 2.12. The maximum atomic E-state index is 11.8. The number of H-pyrrole nitrogens is 1. The summed E-state index contributed by atoms with van der Waals surface area (Å²) in [6.45, 7) is 4.63. The summed E-state index contributed by atoms with van der Waals surface area (Å²) in [5, 5.41) is 8.60. The molecule has 122 valence electrons. The average Bonchev–Trinajstić information content (AvgIpc) is 3.20. The van der Waals surface area contributed by atoms with Crippen LogP contribution in [0.3, 0.4) is 0 Å². The van der Waals surface area contributed by atoms with Crippen LogP contribution < -0.4 is 5.43 Å². The highest BCUT2D eigenvalue weighted by atomic mass is 16.2. The Morgan fingerprint density at radius 1 is 1.25 bits per heavy atom. The van der Waals surface area contributed by atoms with Gasteiger partial charge < -0.3 is 4.98 Å². The van der Waals surface area contributed by atoms with Gasteiger partial charge in [-0.15, -0.1) is 0 Å².